The van der Waals surface area contributed by atoms with Crippen molar-refractivity contribution in [2.45, 2.75) is 13.3 Å². The normalized spacial score (nSPS) is 9.70. The van der Waals surface area contributed by atoms with E-state index in [2.05, 4.69) is 4.98 Å². The first-order valence-corrected chi connectivity index (χ1v) is 3.90. The minimum absolute atomic E-state index is 0.124. The summed E-state index contributed by atoms with van der Waals surface area (Å²) in [6.07, 6.45) is 0.846. The summed E-state index contributed by atoms with van der Waals surface area (Å²) in [6.45, 7) is 2.00. The molecule has 0 radical (unpaired) electrons. The molecule has 1 aromatic rings. The molecule has 10 heavy (non-hydrogen) atoms. The number of nitrogens with two attached hydrogens (primary N) is 1. The van der Waals surface area contributed by atoms with Crippen LogP contribution in [0.25, 0.3) is 0 Å². The van der Waals surface area contributed by atoms with Crippen LogP contribution in [0.3, 0.4) is 0 Å². The Morgan fingerprint density at radius 2 is 2.60 bits per heavy atom. The lowest BCUT2D eigenvalue weighted by molar-refractivity contribution is 1.06. The number of nitrogen functional groups attached to an aromatic ring is 1. The lowest BCUT2D eigenvalue weighted by Crippen LogP contribution is -2.11. The summed E-state index contributed by atoms with van der Waals surface area (Å²) >= 11 is 1.42. The van der Waals surface area contributed by atoms with Crippen LogP contribution < -0.4 is 5.73 Å². The number of hydrogen-bond acceptors (Lipinski definition) is 3. The Kier molecular flexibility index (Phi) is 2.01. The Bertz CT molecular complexity index is 241. The van der Waals surface area contributed by atoms with Gasteiger partial charge in [0.1, 0.15) is 5.84 Å². The highest BCUT2D eigenvalue weighted by atomic mass is 32.1. The van der Waals surface area contributed by atoms with E-state index < -0.39 is 0 Å². The van der Waals surface area contributed by atoms with E-state index in [1.807, 2.05) is 6.92 Å². The number of nitrogens with zero attached hydrogens (tertiary/aromatic N) is 1. The fraction of sp³-hybridized carbons (Fsp3) is 0.333. The lowest BCUT2D eigenvalue weighted by atomic mass is 10.3. The topological polar surface area (TPSA) is 62.8 Å². The fourth-order valence-corrected chi connectivity index (χ4v) is 1.49. The summed E-state index contributed by atoms with van der Waals surface area (Å²) in [5.41, 5.74) is 7.93. The van der Waals surface area contributed by atoms with Gasteiger partial charge >= 0.3 is 0 Å². The molecule has 0 spiro atoms. The van der Waals surface area contributed by atoms with E-state index in [-0.39, 0.29) is 5.84 Å². The quantitative estimate of drug-likeness (QED) is 0.494. The van der Waals surface area contributed by atoms with Gasteiger partial charge in [-0.2, -0.15) is 0 Å². The summed E-state index contributed by atoms with van der Waals surface area (Å²) in [5.74, 6) is 0.124. The minimum Gasteiger partial charge on any atom is -0.383 e. The Hall–Kier alpha value is -0.900. The van der Waals surface area contributed by atoms with Crippen molar-refractivity contribution in [3.63, 3.8) is 0 Å². The molecule has 0 bridgehead atoms. The molecule has 4 heteroatoms. The maximum absolute atomic E-state index is 7.14. The van der Waals surface area contributed by atoms with Gasteiger partial charge in [-0.3, -0.25) is 5.41 Å². The second-order valence-corrected chi connectivity index (χ2v) is 2.75. The molecule has 0 aromatic carbocycles. The van der Waals surface area contributed by atoms with Crippen LogP contribution in [0.15, 0.2) is 5.51 Å². The van der Waals surface area contributed by atoms with Crippen LogP contribution >= 0.6 is 11.3 Å². The van der Waals surface area contributed by atoms with Crippen molar-refractivity contribution in [2.24, 2.45) is 5.73 Å². The smallest absolute Gasteiger partial charge is 0.135 e. The Morgan fingerprint density at radius 3 is 3.00 bits per heavy atom. The van der Waals surface area contributed by atoms with Crippen LogP contribution in [0.5, 0.6) is 0 Å². The molecule has 1 rings (SSSR count). The third kappa shape index (κ3) is 1.16. The van der Waals surface area contributed by atoms with Crippen LogP contribution in [0.2, 0.25) is 0 Å². The molecule has 1 heterocycles. The van der Waals surface area contributed by atoms with Crippen LogP contribution in [-0.4, -0.2) is 10.8 Å². The molecule has 0 atom stereocenters. The van der Waals surface area contributed by atoms with E-state index in [1.54, 1.807) is 5.51 Å². The number of aryl methyl sites for hydroxylation is 1. The van der Waals surface area contributed by atoms with Crippen molar-refractivity contribution in [3.8, 4) is 0 Å². The number of nitrogens with one attached hydrogen (secondary N) is 1. The molecule has 3 nitrogen and oxygen atoms in total. The molecule has 0 fully saturated rings. The van der Waals surface area contributed by atoms with Crippen molar-refractivity contribution < 1.29 is 0 Å². The summed E-state index contributed by atoms with van der Waals surface area (Å²) < 4.78 is 0. The highest BCUT2D eigenvalue weighted by Gasteiger charge is 2.05. The maximum atomic E-state index is 7.14. The van der Waals surface area contributed by atoms with Gasteiger partial charge in [-0.15, -0.1) is 11.3 Å². The summed E-state index contributed by atoms with van der Waals surface area (Å²) in [7, 11) is 0. The highest BCUT2D eigenvalue weighted by molar-refractivity contribution is 7.11. The van der Waals surface area contributed by atoms with Gasteiger partial charge in [0.15, 0.2) is 0 Å². The summed E-state index contributed by atoms with van der Waals surface area (Å²) in [4.78, 5) is 4.86. The zero-order valence-corrected chi connectivity index (χ0v) is 6.53. The van der Waals surface area contributed by atoms with E-state index in [4.69, 9.17) is 11.1 Å². The average molecular weight is 155 g/mol. The number of aromatic nitrogens is 1. The molecular weight excluding hydrogens is 146 g/mol. The summed E-state index contributed by atoms with van der Waals surface area (Å²) in [5, 5.41) is 7.14. The van der Waals surface area contributed by atoms with E-state index in [1.165, 1.54) is 11.3 Å². The standard InChI is InChI=1S/C6H9N3S/c1-2-4-5(6(7)8)10-3-9-4/h3H,2H2,1H3,(H3,7,8). The molecule has 0 saturated carbocycles. The van der Waals surface area contributed by atoms with Crippen LogP contribution in [0.4, 0.5) is 0 Å². The van der Waals surface area contributed by atoms with E-state index in [0.717, 1.165) is 17.0 Å². The summed E-state index contributed by atoms with van der Waals surface area (Å²) in [6, 6.07) is 0. The van der Waals surface area contributed by atoms with E-state index >= 15 is 0 Å². The monoisotopic (exact) mass is 155 g/mol. The minimum atomic E-state index is 0.124. The first-order valence-electron chi connectivity index (χ1n) is 3.02. The zero-order valence-electron chi connectivity index (χ0n) is 5.72. The second kappa shape index (κ2) is 2.79. The molecule has 0 aliphatic heterocycles. The number of rotatable bonds is 2. The van der Waals surface area contributed by atoms with Gasteiger partial charge in [-0.1, -0.05) is 6.92 Å². The number of hydrogen-bond donors (Lipinski definition) is 2. The fourth-order valence-electron chi connectivity index (χ4n) is 0.740. The largest absolute Gasteiger partial charge is 0.383 e. The van der Waals surface area contributed by atoms with Gasteiger partial charge in [0.2, 0.25) is 0 Å². The first-order chi connectivity index (χ1) is 4.75. The third-order valence-electron chi connectivity index (χ3n) is 1.22. The van der Waals surface area contributed by atoms with Crippen LogP contribution in [-0.2, 0) is 6.42 Å². The van der Waals surface area contributed by atoms with Gasteiger partial charge in [0.05, 0.1) is 16.1 Å². The van der Waals surface area contributed by atoms with Gasteiger partial charge in [-0.05, 0) is 6.42 Å². The van der Waals surface area contributed by atoms with Gasteiger partial charge in [-0.25, -0.2) is 4.98 Å². The molecule has 0 unspecified atom stereocenters. The molecule has 3 N–H and O–H groups in total. The molecular formula is C6H9N3S. The predicted octanol–water partition coefficient (Wildman–Crippen LogP) is 0.990. The highest BCUT2D eigenvalue weighted by Crippen LogP contribution is 2.11. The lowest BCUT2D eigenvalue weighted by Gasteiger charge is -1.93. The number of amidine groups is 1. The Morgan fingerprint density at radius 1 is 1.90 bits per heavy atom. The molecule has 0 amide bonds. The maximum Gasteiger partial charge on any atom is 0.135 e. The van der Waals surface area contributed by atoms with Crippen molar-refractivity contribution >= 4 is 17.2 Å². The van der Waals surface area contributed by atoms with Gasteiger partial charge in [0, 0.05) is 0 Å². The van der Waals surface area contributed by atoms with Crippen molar-refractivity contribution in [3.05, 3.63) is 16.1 Å². The zero-order chi connectivity index (χ0) is 7.56. The molecule has 54 valence electrons. The van der Waals surface area contributed by atoms with Gasteiger partial charge < -0.3 is 5.73 Å². The number of thiazole rings is 1. The third-order valence-corrected chi connectivity index (χ3v) is 2.12. The van der Waals surface area contributed by atoms with Crippen molar-refractivity contribution in [2.75, 3.05) is 0 Å². The molecule has 0 saturated heterocycles. The second-order valence-electron chi connectivity index (χ2n) is 1.90. The average Bonchev–Trinajstić information content (AvgIpc) is 2.33. The SMILES string of the molecule is CCc1ncsc1C(=N)N. The Balaban J connectivity index is 3.01. The molecule has 1 aromatic heterocycles. The predicted molar refractivity (Wildman–Crippen MR) is 42.5 cm³/mol. The van der Waals surface area contributed by atoms with E-state index in [0.29, 0.717) is 0 Å². The molecule has 0 aliphatic carbocycles. The van der Waals surface area contributed by atoms with E-state index in [9.17, 15) is 0 Å². The van der Waals surface area contributed by atoms with Gasteiger partial charge in [0.25, 0.3) is 0 Å². The van der Waals surface area contributed by atoms with Crippen molar-refractivity contribution in [1.29, 1.82) is 5.41 Å². The van der Waals surface area contributed by atoms with Crippen molar-refractivity contribution in [1.82, 2.24) is 4.98 Å². The first kappa shape index (κ1) is 7.21. The van der Waals surface area contributed by atoms with Crippen LogP contribution in [0, 0.1) is 5.41 Å². The molecule has 0 aliphatic rings. The Labute approximate surface area is 63.4 Å². The van der Waals surface area contributed by atoms with Crippen LogP contribution in [0.1, 0.15) is 17.5 Å².